The number of ether oxygens (including phenoxy) is 1. The van der Waals surface area contributed by atoms with Crippen LogP contribution < -0.4 is 14.4 Å². The number of anilines is 1. The number of aryl methyl sites for hydroxylation is 1. The third kappa shape index (κ3) is 6.72. The Balaban J connectivity index is 2.05. The van der Waals surface area contributed by atoms with Gasteiger partial charge in [0, 0.05) is 13.1 Å². The number of nitrogens with zero attached hydrogens (tertiary/aromatic N) is 2. The van der Waals surface area contributed by atoms with E-state index < -0.39 is 28.5 Å². The maximum atomic E-state index is 14.0. The predicted octanol–water partition coefficient (Wildman–Crippen LogP) is 4.14. The van der Waals surface area contributed by atoms with E-state index in [9.17, 15) is 18.0 Å². The predicted molar refractivity (Wildman–Crippen MR) is 148 cm³/mol. The highest BCUT2D eigenvalue weighted by Crippen LogP contribution is 2.27. The van der Waals surface area contributed by atoms with Gasteiger partial charge in [-0.3, -0.25) is 13.9 Å². The van der Waals surface area contributed by atoms with E-state index in [1.807, 2.05) is 32.0 Å². The van der Waals surface area contributed by atoms with Crippen molar-refractivity contribution in [1.82, 2.24) is 10.2 Å². The van der Waals surface area contributed by atoms with Gasteiger partial charge in [-0.05, 0) is 61.7 Å². The van der Waals surface area contributed by atoms with Gasteiger partial charge in [-0.2, -0.15) is 0 Å². The van der Waals surface area contributed by atoms with E-state index in [4.69, 9.17) is 4.74 Å². The summed E-state index contributed by atoms with van der Waals surface area (Å²) in [6.07, 6.45) is 0.365. The number of hydrogen-bond donors (Lipinski definition) is 1. The van der Waals surface area contributed by atoms with Crippen molar-refractivity contribution in [3.05, 3.63) is 90.0 Å². The minimum Gasteiger partial charge on any atom is -0.497 e. The molecule has 0 spiro atoms. The molecule has 3 aromatic carbocycles. The summed E-state index contributed by atoms with van der Waals surface area (Å²) in [7, 11) is -2.51. The van der Waals surface area contributed by atoms with E-state index >= 15 is 0 Å². The van der Waals surface area contributed by atoms with Crippen molar-refractivity contribution >= 4 is 27.5 Å². The zero-order valence-electron chi connectivity index (χ0n) is 22.3. The molecule has 38 heavy (non-hydrogen) atoms. The van der Waals surface area contributed by atoms with Crippen LogP contribution in [0.4, 0.5) is 5.69 Å². The summed E-state index contributed by atoms with van der Waals surface area (Å²) in [4.78, 5) is 28.5. The number of hydrogen-bond acceptors (Lipinski definition) is 5. The molecule has 0 bridgehead atoms. The Labute approximate surface area is 225 Å². The van der Waals surface area contributed by atoms with Crippen LogP contribution in [0.5, 0.6) is 5.75 Å². The second kappa shape index (κ2) is 13.1. The molecule has 8 nitrogen and oxygen atoms in total. The molecule has 0 aliphatic carbocycles. The highest BCUT2D eigenvalue weighted by molar-refractivity contribution is 7.92. The average Bonchev–Trinajstić information content (AvgIpc) is 2.93. The number of nitrogens with one attached hydrogen (secondary N) is 1. The molecule has 0 aliphatic rings. The molecule has 0 radical (unpaired) electrons. The molecule has 9 heteroatoms. The van der Waals surface area contributed by atoms with Gasteiger partial charge in [-0.1, -0.05) is 55.5 Å². The number of rotatable bonds is 12. The number of carbonyl (C=O) groups is 2. The summed E-state index contributed by atoms with van der Waals surface area (Å²) in [5.74, 6) is -0.103. The summed E-state index contributed by atoms with van der Waals surface area (Å²) in [6, 6.07) is 21.5. The maximum absolute atomic E-state index is 14.0. The van der Waals surface area contributed by atoms with Crippen LogP contribution in [0.1, 0.15) is 31.4 Å². The second-order valence-corrected chi connectivity index (χ2v) is 10.7. The summed E-state index contributed by atoms with van der Waals surface area (Å²) in [5, 5.41) is 2.80. The number of methoxy groups -OCH3 is 1. The highest BCUT2D eigenvalue weighted by atomic mass is 32.2. The fourth-order valence-electron chi connectivity index (χ4n) is 4.22. The molecule has 1 N–H and O–H groups in total. The van der Waals surface area contributed by atoms with E-state index in [2.05, 4.69) is 5.32 Å². The van der Waals surface area contributed by atoms with Gasteiger partial charge in [-0.25, -0.2) is 8.42 Å². The van der Waals surface area contributed by atoms with Crippen molar-refractivity contribution in [3.63, 3.8) is 0 Å². The molecule has 0 saturated carbocycles. The summed E-state index contributed by atoms with van der Waals surface area (Å²) in [5.41, 5.74) is 1.90. The Morgan fingerprint density at radius 2 is 1.55 bits per heavy atom. The molecule has 0 saturated heterocycles. The van der Waals surface area contributed by atoms with Crippen LogP contribution in [0.15, 0.2) is 83.8 Å². The minimum absolute atomic E-state index is 0.0773. The van der Waals surface area contributed by atoms with Gasteiger partial charge >= 0.3 is 0 Å². The van der Waals surface area contributed by atoms with Gasteiger partial charge in [0.2, 0.25) is 11.8 Å². The lowest BCUT2D eigenvalue weighted by atomic mass is 10.1. The third-order valence-electron chi connectivity index (χ3n) is 6.24. The molecular formula is C29H35N3O5S. The van der Waals surface area contributed by atoms with Crippen LogP contribution in [0.25, 0.3) is 0 Å². The van der Waals surface area contributed by atoms with Crippen molar-refractivity contribution in [2.24, 2.45) is 0 Å². The number of para-hydroxylation sites is 1. The summed E-state index contributed by atoms with van der Waals surface area (Å²) >= 11 is 0. The Morgan fingerprint density at radius 3 is 2.13 bits per heavy atom. The standard InChI is InChI=1S/C29H35N3O5S/c1-5-26(29(34)30-6-2)31(20-23-16-18-24(37-4)19-17-23)28(33)21-32(27-15-11-10-12-22(27)3)38(35,36)25-13-8-7-9-14-25/h7-19,26H,5-6,20-21H2,1-4H3,(H,30,34). The minimum atomic E-state index is -4.08. The molecule has 0 fully saturated rings. The van der Waals surface area contributed by atoms with Crippen molar-refractivity contribution in [3.8, 4) is 5.75 Å². The lowest BCUT2D eigenvalue weighted by Gasteiger charge is -2.33. The topological polar surface area (TPSA) is 96.0 Å². The smallest absolute Gasteiger partial charge is 0.264 e. The first-order valence-corrected chi connectivity index (χ1v) is 14.0. The normalized spacial score (nSPS) is 11.9. The Hall–Kier alpha value is -3.85. The van der Waals surface area contributed by atoms with Crippen LogP contribution in [-0.2, 0) is 26.2 Å². The van der Waals surface area contributed by atoms with Gasteiger partial charge in [0.15, 0.2) is 0 Å². The largest absolute Gasteiger partial charge is 0.497 e. The first-order valence-electron chi connectivity index (χ1n) is 12.6. The molecular weight excluding hydrogens is 502 g/mol. The maximum Gasteiger partial charge on any atom is 0.264 e. The molecule has 0 aliphatic heterocycles. The first-order chi connectivity index (χ1) is 18.2. The quantitative estimate of drug-likeness (QED) is 0.375. The molecule has 1 atom stereocenters. The number of likely N-dealkylation sites (N-methyl/N-ethyl adjacent to an activating group) is 1. The highest BCUT2D eigenvalue weighted by Gasteiger charge is 2.33. The van der Waals surface area contributed by atoms with Crippen LogP contribution >= 0.6 is 0 Å². The number of amides is 2. The van der Waals surface area contributed by atoms with Crippen molar-refractivity contribution in [2.45, 2.75) is 44.7 Å². The summed E-state index contributed by atoms with van der Waals surface area (Å²) in [6.45, 7) is 5.52. The van der Waals surface area contributed by atoms with Gasteiger partial charge in [0.25, 0.3) is 10.0 Å². The monoisotopic (exact) mass is 537 g/mol. The van der Waals surface area contributed by atoms with Crippen molar-refractivity contribution in [2.75, 3.05) is 24.5 Å². The van der Waals surface area contributed by atoms with E-state index in [-0.39, 0.29) is 17.3 Å². The number of carbonyl (C=O) groups excluding carboxylic acids is 2. The molecule has 1 unspecified atom stereocenters. The number of sulfonamides is 1. The Bertz CT molecular complexity index is 1330. The van der Waals surface area contributed by atoms with Gasteiger partial charge < -0.3 is 15.0 Å². The van der Waals surface area contributed by atoms with Crippen molar-refractivity contribution in [1.29, 1.82) is 0 Å². The molecule has 2 amide bonds. The van der Waals surface area contributed by atoms with E-state index in [0.29, 0.717) is 30.0 Å². The SMILES string of the molecule is CCNC(=O)C(CC)N(Cc1ccc(OC)cc1)C(=O)CN(c1ccccc1C)S(=O)(=O)c1ccccc1. The third-order valence-corrected chi connectivity index (χ3v) is 8.02. The fraction of sp³-hybridized carbons (Fsp3) is 0.310. The molecule has 0 aromatic heterocycles. The van der Waals surface area contributed by atoms with Crippen LogP contribution in [-0.4, -0.2) is 51.4 Å². The summed E-state index contributed by atoms with van der Waals surface area (Å²) < 4.78 is 34.0. The molecule has 3 aromatic rings. The van der Waals surface area contributed by atoms with Gasteiger partial charge in [-0.15, -0.1) is 0 Å². The zero-order valence-corrected chi connectivity index (χ0v) is 23.1. The van der Waals surface area contributed by atoms with Crippen molar-refractivity contribution < 1.29 is 22.7 Å². The Kier molecular flexibility index (Phi) is 9.90. The first kappa shape index (κ1) is 28.7. The fourth-order valence-corrected chi connectivity index (χ4v) is 5.72. The molecule has 202 valence electrons. The molecule has 0 heterocycles. The Morgan fingerprint density at radius 1 is 0.921 bits per heavy atom. The second-order valence-electron chi connectivity index (χ2n) is 8.80. The van der Waals surface area contributed by atoms with Gasteiger partial charge in [0.1, 0.15) is 18.3 Å². The van der Waals surface area contributed by atoms with E-state index in [1.54, 1.807) is 62.6 Å². The van der Waals surface area contributed by atoms with Gasteiger partial charge in [0.05, 0.1) is 17.7 Å². The lowest BCUT2D eigenvalue weighted by molar-refractivity contribution is -0.140. The van der Waals surface area contributed by atoms with E-state index in [0.717, 1.165) is 9.87 Å². The average molecular weight is 538 g/mol. The van der Waals surface area contributed by atoms with Crippen LogP contribution in [0.3, 0.4) is 0 Å². The van der Waals surface area contributed by atoms with Crippen LogP contribution in [0.2, 0.25) is 0 Å². The van der Waals surface area contributed by atoms with E-state index in [1.165, 1.54) is 17.0 Å². The zero-order chi connectivity index (χ0) is 27.7. The lowest BCUT2D eigenvalue weighted by Crippen LogP contribution is -2.52. The molecule has 3 rings (SSSR count). The number of benzene rings is 3. The van der Waals surface area contributed by atoms with Crippen LogP contribution in [0, 0.1) is 6.92 Å².